The molecule has 1 aromatic rings. The van der Waals surface area contributed by atoms with E-state index in [1.807, 2.05) is 32.0 Å². The summed E-state index contributed by atoms with van der Waals surface area (Å²) in [6.07, 6.45) is 1.72. The highest BCUT2D eigenvalue weighted by molar-refractivity contribution is 5.83. The molecular formula is C10H12N4. The van der Waals surface area contributed by atoms with Gasteiger partial charge >= 0.3 is 0 Å². The molecule has 14 heavy (non-hydrogen) atoms. The fourth-order valence-corrected chi connectivity index (χ4v) is 1.19. The molecular weight excluding hydrogens is 176 g/mol. The van der Waals surface area contributed by atoms with Crippen molar-refractivity contribution >= 4 is 11.6 Å². The smallest absolute Gasteiger partial charge is 0.207 e. The van der Waals surface area contributed by atoms with Crippen molar-refractivity contribution in [3.8, 4) is 6.19 Å². The lowest BCUT2D eigenvalue weighted by Crippen LogP contribution is -2.26. The van der Waals surface area contributed by atoms with E-state index in [0.29, 0.717) is 0 Å². The van der Waals surface area contributed by atoms with Gasteiger partial charge in [-0.05, 0) is 25.0 Å². The van der Waals surface area contributed by atoms with E-state index in [1.54, 1.807) is 6.19 Å². The number of nitrogens with zero attached hydrogens (tertiary/aromatic N) is 2. The number of hydrogen-bond acceptors (Lipinski definition) is 2. The Balaban J connectivity index is 3.08. The van der Waals surface area contributed by atoms with Crippen LogP contribution in [0.4, 0.5) is 5.69 Å². The van der Waals surface area contributed by atoms with Crippen LogP contribution in [0.15, 0.2) is 23.2 Å². The van der Waals surface area contributed by atoms with Crippen LogP contribution in [0.5, 0.6) is 0 Å². The molecule has 0 aliphatic carbocycles. The van der Waals surface area contributed by atoms with E-state index in [0.717, 1.165) is 16.8 Å². The van der Waals surface area contributed by atoms with Crippen molar-refractivity contribution in [2.75, 3.05) is 0 Å². The van der Waals surface area contributed by atoms with E-state index < -0.39 is 0 Å². The molecule has 4 heteroatoms. The Morgan fingerprint density at radius 2 is 2.00 bits per heavy atom. The van der Waals surface area contributed by atoms with Gasteiger partial charge in [0.1, 0.15) is 0 Å². The van der Waals surface area contributed by atoms with Crippen LogP contribution in [0, 0.1) is 25.3 Å². The molecule has 72 valence electrons. The minimum atomic E-state index is 0.116. The maximum absolute atomic E-state index is 8.33. The molecule has 4 nitrogen and oxygen atoms in total. The molecule has 0 amide bonds. The average Bonchev–Trinajstić information content (AvgIpc) is 2.12. The van der Waals surface area contributed by atoms with Crippen molar-refractivity contribution in [3.05, 3.63) is 29.3 Å². The maximum Gasteiger partial charge on any atom is 0.207 e. The Kier molecular flexibility index (Phi) is 3.08. The average molecular weight is 188 g/mol. The monoisotopic (exact) mass is 188 g/mol. The first-order chi connectivity index (χ1) is 6.65. The number of rotatable bonds is 1. The van der Waals surface area contributed by atoms with Crippen molar-refractivity contribution in [3.63, 3.8) is 0 Å². The molecule has 1 aromatic carbocycles. The van der Waals surface area contributed by atoms with Crippen LogP contribution in [0.3, 0.4) is 0 Å². The quantitative estimate of drug-likeness (QED) is 0.302. The number of guanidine groups is 1. The molecule has 0 atom stereocenters. The van der Waals surface area contributed by atoms with Gasteiger partial charge in [-0.2, -0.15) is 5.26 Å². The van der Waals surface area contributed by atoms with E-state index >= 15 is 0 Å². The number of aryl methyl sites for hydroxylation is 2. The van der Waals surface area contributed by atoms with Crippen LogP contribution in [0.25, 0.3) is 0 Å². The largest absolute Gasteiger partial charge is 0.369 e. The molecule has 0 heterocycles. The topological polar surface area (TPSA) is 74.2 Å². The van der Waals surface area contributed by atoms with Crippen molar-refractivity contribution in [2.45, 2.75) is 13.8 Å². The van der Waals surface area contributed by atoms with Gasteiger partial charge in [-0.3, -0.25) is 5.32 Å². The normalized spacial score (nSPS) is 10.8. The highest BCUT2D eigenvalue weighted by atomic mass is 15.1. The number of hydrogen-bond donors (Lipinski definition) is 2. The Morgan fingerprint density at radius 1 is 1.43 bits per heavy atom. The van der Waals surface area contributed by atoms with Crippen molar-refractivity contribution in [1.29, 1.82) is 5.26 Å². The van der Waals surface area contributed by atoms with Gasteiger partial charge in [0.05, 0.1) is 5.69 Å². The summed E-state index contributed by atoms with van der Waals surface area (Å²) in [7, 11) is 0. The van der Waals surface area contributed by atoms with Crippen LogP contribution in [-0.2, 0) is 0 Å². The molecule has 0 aliphatic heterocycles. The molecule has 1 rings (SSSR count). The highest BCUT2D eigenvalue weighted by Crippen LogP contribution is 2.22. The predicted molar refractivity (Wildman–Crippen MR) is 55.9 cm³/mol. The third-order valence-electron chi connectivity index (χ3n) is 1.86. The van der Waals surface area contributed by atoms with Crippen molar-refractivity contribution in [1.82, 2.24) is 5.32 Å². The number of para-hydroxylation sites is 1. The fraction of sp³-hybridized carbons (Fsp3) is 0.200. The third-order valence-corrected chi connectivity index (χ3v) is 1.86. The summed E-state index contributed by atoms with van der Waals surface area (Å²) in [5.74, 6) is 0.116. The molecule has 0 fully saturated rings. The van der Waals surface area contributed by atoms with Crippen LogP contribution in [0.1, 0.15) is 11.1 Å². The van der Waals surface area contributed by atoms with Gasteiger partial charge in [0.15, 0.2) is 6.19 Å². The maximum atomic E-state index is 8.33. The van der Waals surface area contributed by atoms with Crippen LogP contribution < -0.4 is 11.1 Å². The molecule has 3 N–H and O–H groups in total. The molecule has 0 saturated carbocycles. The van der Waals surface area contributed by atoms with E-state index in [4.69, 9.17) is 11.0 Å². The summed E-state index contributed by atoms with van der Waals surface area (Å²) < 4.78 is 0. The summed E-state index contributed by atoms with van der Waals surface area (Å²) in [5, 5.41) is 10.6. The van der Waals surface area contributed by atoms with E-state index in [9.17, 15) is 0 Å². The Bertz CT molecular complexity index is 381. The first kappa shape index (κ1) is 10.1. The van der Waals surface area contributed by atoms with Gasteiger partial charge in [-0.25, -0.2) is 4.99 Å². The second-order valence-electron chi connectivity index (χ2n) is 2.97. The zero-order chi connectivity index (χ0) is 10.6. The summed E-state index contributed by atoms with van der Waals surface area (Å²) >= 11 is 0. The van der Waals surface area contributed by atoms with Gasteiger partial charge in [-0.15, -0.1) is 0 Å². The Morgan fingerprint density at radius 3 is 2.50 bits per heavy atom. The molecule has 0 spiro atoms. The van der Waals surface area contributed by atoms with E-state index in [-0.39, 0.29) is 5.96 Å². The van der Waals surface area contributed by atoms with E-state index in [2.05, 4.69) is 10.3 Å². The van der Waals surface area contributed by atoms with Crippen molar-refractivity contribution < 1.29 is 0 Å². The lowest BCUT2D eigenvalue weighted by Gasteiger charge is -2.04. The number of nitriles is 1. The first-order valence-electron chi connectivity index (χ1n) is 4.20. The van der Waals surface area contributed by atoms with Gasteiger partial charge in [0.2, 0.25) is 5.96 Å². The van der Waals surface area contributed by atoms with Gasteiger partial charge in [-0.1, -0.05) is 18.2 Å². The zero-order valence-corrected chi connectivity index (χ0v) is 8.20. The second-order valence-corrected chi connectivity index (χ2v) is 2.97. The summed E-state index contributed by atoms with van der Waals surface area (Å²) in [6.45, 7) is 3.90. The molecule has 0 unspecified atom stereocenters. The molecule has 0 aromatic heterocycles. The number of nitrogens with two attached hydrogens (primary N) is 1. The number of nitrogens with one attached hydrogen (secondary N) is 1. The highest BCUT2D eigenvalue weighted by Gasteiger charge is 2.00. The summed E-state index contributed by atoms with van der Waals surface area (Å²) in [4.78, 5) is 4.11. The zero-order valence-electron chi connectivity index (χ0n) is 8.20. The third kappa shape index (κ3) is 2.23. The Hall–Kier alpha value is -2.02. The number of aliphatic imine (C=N–C) groups is 1. The van der Waals surface area contributed by atoms with Crippen molar-refractivity contribution in [2.24, 2.45) is 10.7 Å². The van der Waals surface area contributed by atoms with Gasteiger partial charge in [0, 0.05) is 0 Å². The van der Waals surface area contributed by atoms with E-state index in [1.165, 1.54) is 0 Å². The predicted octanol–water partition coefficient (Wildman–Crippen LogP) is 1.32. The molecule has 0 aliphatic rings. The Labute approximate surface area is 83.1 Å². The molecule has 0 radical (unpaired) electrons. The van der Waals surface area contributed by atoms with Gasteiger partial charge in [0.25, 0.3) is 0 Å². The van der Waals surface area contributed by atoms with Crippen LogP contribution in [-0.4, -0.2) is 5.96 Å². The minimum absolute atomic E-state index is 0.116. The molecule has 0 saturated heterocycles. The lowest BCUT2D eigenvalue weighted by molar-refractivity contribution is 1.20. The molecule has 0 bridgehead atoms. The van der Waals surface area contributed by atoms with Gasteiger partial charge < -0.3 is 5.73 Å². The van der Waals surface area contributed by atoms with Crippen LogP contribution >= 0.6 is 0 Å². The standard InChI is InChI=1S/C10H12N4/c1-7-4-3-5-8(2)9(7)14-10(12)13-6-11/h3-5H,1-2H3,(H3,12,13,14). The lowest BCUT2D eigenvalue weighted by atomic mass is 10.1. The SMILES string of the molecule is Cc1cccc(C)c1N=C(N)NC#N. The second kappa shape index (κ2) is 4.28. The summed E-state index contributed by atoms with van der Waals surface area (Å²) in [5.41, 5.74) is 8.35. The summed E-state index contributed by atoms with van der Waals surface area (Å²) in [6, 6.07) is 5.86. The number of benzene rings is 1. The fourth-order valence-electron chi connectivity index (χ4n) is 1.19. The first-order valence-corrected chi connectivity index (χ1v) is 4.20. The minimum Gasteiger partial charge on any atom is -0.369 e. The van der Waals surface area contributed by atoms with Crippen LogP contribution in [0.2, 0.25) is 0 Å².